The molecular weight excluding hydrogens is 257 g/mol. The van der Waals surface area contributed by atoms with E-state index in [0.29, 0.717) is 16.9 Å². The van der Waals surface area contributed by atoms with Crippen molar-refractivity contribution in [2.24, 2.45) is 5.73 Å². The first-order valence-corrected chi connectivity index (χ1v) is 6.86. The van der Waals surface area contributed by atoms with Crippen LogP contribution in [0.2, 0.25) is 0 Å². The van der Waals surface area contributed by atoms with Crippen molar-refractivity contribution in [3.63, 3.8) is 0 Å². The highest BCUT2D eigenvalue weighted by Crippen LogP contribution is 2.26. The van der Waals surface area contributed by atoms with Crippen LogP contribution in [0.25, 0.3) is 0 Å². The maximum atomic E-state index is 13.9. The molecule has 2 rings (SSSR count). The molecule has 0 saturated heterocycles. The second-order valence-corrected chi connectivity index (χ2v) is 5.46. The Labute approximate surface area is 107 Å². The van der Waals surface area contributed by atoms with Gasteiger partial charge in [-0.25, -0.2) is 9.37 Å². The van der Waals surface area contributed by atoms with Crippen LogP contribution < -0.4 is 5.73 Å². The Kier molecular flexibility index (Phi) is 4.09. The predicted molar refractivity (Wildman–Crippen MR) is 68.5 cm³/mol. The summed E-state index contributed by atoms with van der Waals surface area (Å²) in [5.41, 5.74) is 6.67. The Morgan fingerprint density at radius 1 is 1.41 bits per heavy atom. The Morgan fingerprint density at radius 3 is 2.82 bits per heavy atom. The van der Waals surface area contributed by atoms with E-state index in [1.807, 2.05) is 13.0 Å². The van der Waals surface area contributed by atoms with Gasteiger partial charge in [0.05, 0.1) is 0 Å². The largest absolute Gasteiger partial charge is 0.326 e. The van der Waals surface area contributed by atoms with Gasteiger partial charge in [0, 0.05) is 17.9 Å². The number of rotatable bonds is 4. The number of aromatic nitrogens is 2. The van der Waals surface area contributed by atoms with Gasteiger partial charge in [0.1, 0.15) is 11.6 Å². The molecule has 0 aliphatic heterocycles. The SMILES string of the molecule is Cc1nsc(SCc2cccc(CN)c2F)n1. The molecule has 2 N–H and O–H groups in total. The zero-order valence-corrected chi connectivity index (χ0v) is 10.9. The van der Waals surface area contributed by atoms with Gasteiger partial charge in [-0.2, -0.15) is 4.37 Å². The van der Waals surface area contributed by atoms with E-state index < -0.39 is 0 Å². The molecule has 0 bridgehead atoms. The maximum Gasteiger partial charge on any atom is 0.170 e. The summed E-state index contributed by atoms with van der Waals surface area (Å²) in [7, 11) is 0. The standard InChI is InChI=1S/C11H12FN3S2/c1-7-14-11(17-15-7)16-6-9-4-2-3-8(5-13)10(9)12/h2-4H,5-6,13H2,1H3. The van der Waals surface area contributed by atoms with Crippen LogP contribution in [0.3, 0.4) is 0 Å². The molecule has 0 atom stereocenters. The number of hydrogen-bond acceptors (Lipinski definition) is 5. The molecule has 3 nitrogen and oxygen atoms in total. The minimum atomic E-state index is -0.205. The monoisotopic (exact) mass is 269 g/mol. The number of benzene rings is 1. The zero-order valence-electron chi connectivity index (χ0n) is 9.31. The van der Waals surface area contributed by atoms with Crippen molar-refractivity contribution in [1.82, 2.24) is 9.36 Å². The normalized spacial score (nSPS) is 10.8. The van der Waals surface area contributed by atoms with Gasteiger partial charge in [-0.3, -0.25) is 0 Å². The fourth-order valence-electron chi connectivity index (χ4n) is 1.38. The molecule has 0 aliphatic rings. The summed E-state index contributed by atoms with van der Waals surface area (Å²) in [6, 6.07) is 5.31. The molecular formula is C11H12FN3S2. The van der Waals surface area contributed by atoms with Crippen LogP contribution >= 0.6 is 23.3 Å². The number of nitrogens with two attached hydrogens (primary N) is 1. The first-order valence-electron chi connectivity index (χ1n) is 5.10. The van der Waals surface area contributed by atoms with E-state index in [0.717, 1.165) is 10.2 Å². The summed E-state index contributed by atoms with van der Waals surface area (Å²) in [6.45, 7) is 2.07. The van der Waals surface area contributed by atoms with Crippen molar-refractivity contribution >= 4 is 23.3 Å². The Bertz CT molecular complexity index is 513. The summed E-state index contributed by atoms with van der Waals surface area (Å²) < 4.78 is 18.8. The third kappa shape index (κ3) is 3.02. The molecule has 90 valence electrons. The van der Waals surface area contributed by atoms with E-state index in [1.54, 1.807) is 12.1 Å². The molecule has 17 heavy (non-hydrogen) atoms. The molecule has 0 radical (unpaired) electrons. The van der Waals surface area contributed by atoms with Crippen molar-refractivity contribution in [2.75, 3.05) is 0 Å². The van der Waals surface area contributed by atoms with E-state index in [4.69, 9.17) is 5.73 Å². The van der Waals surface area contributed by atoms with Gasteiger partial charge in [-0.15, -0.1) is 0 Å². The minimum Gasteiger partial charge on any atom is -0.326 e. The van der Waals surface area contributed by atoms with Crippen LogP contribution in [0.5, 0.6) is 0 Å². The molecule has 0 amide bonds. The summed E-state index contributed by atoms with van der Waals surface area (Å²) in [5.74, 6) is 1.10. The molecule has 6 heteroatoms. The molecule has 1 aromatic heterocycles. The maximum absolute atomic E-state index is 13.9. The summed E-state index contributed by atoms with van der Waals surface area (Å²) >= 11 is 2.83. The van der Waals surface area contributed by atoms with E-state index >= 15 is 0 Å². The molecule has 0 unspecified atom stereocenters. The molecule has 2 aromatic rings. The molecule has 0 saturated carbocycles. The fraction of sp³-hybridized carbons (Fsp3) is 0.273. The van der Waals surface area contributed by atoms with Gasteiger partial charge < -0.3 is 5.73 Å². The van der Waals surface area contributed by atoms with Crippen LogP contribution in [0, 0.1) is 12.7 Å². The number of nitrogens with zero attached hydrogens (tertiary/aromatic N) is 2. The lowest BCUT2D eigenvalue weighted by Gasteiger charge is -2.05. The highest BCUT2D eigenvalue weighted by Gasteiger charge is 2.08. The zero-order chi connectivity index (χ0) is 12.3. The molecule has 1 aromatic carbocycles. The van der Waals surface area contributed by atoms with E-state index in [-0.39, 0.29) is 12.4 Å². The molecule has 0 spiro atoms. The first kappa shape index (κ1) is 12.5. The average Bonchev–Trinajstić information content (AvgIpc) is 2.74. The number of thioether (sulfide) groups is 1. The molecule has 1 heterocycles. The lowest BCUT2D eigenvalue weighted by atomic mass is 10.1. The van der Waals surface area contributed by atoms with Gasteiger partial charge in [0.25, 0.3) is 0 Å². The van der Waals surface area contributed by atoms with E-state index in [2.05, 4.69) is 9.36 Å². The smallest absolute Gasteiger partial charge is 0.170 e. The second-order valence-electron chi connectivity index (χ2n) is 3.49. The Balaban J connectivity index is 2.09. The lowest BCUT2D eigenvalue weighted by Crippen LogP contribution is -2.02. The predicted octanol–water partition coefficient (Wildman–Crippen LogP) is 2.74. The highest BCUT2D eigenvalue weighted by molar-refractivity contribution is 8.00. The third-order valence-electron chi connectivity index (χ3n) is 2.24. The van der Waals surface area contributed by atoms with Crippen molar-refractivity contribution < 1.29 is 4.39 Å². The minimum absolute atomic E-state index is 0.205. The van der Waals surface area contributed by atoms with Gasteiger partial charge in [0.2, 0.25) is 0 Å². The van der Waals surface area contributed by atoms with Crippen molar-refractivity contribution in [3.05, 3.63) is 41.0 Å². The van der Waals surface area contributed by atoms with Gasteiger partial charge >= 0.3 is 0 Å². The highest BCUT2D eigenvalue weighted by atomic mass is 32.2. The van der Waals surface area contributed by atoms with Crippen LogP contribution in [0.15, 0.2) is 22.5 Å². The summed E-state index contributed by atoms with van der Waals surface area (Å²) in [4.78, 5) is 4.22. The van der Waals surface area contributed by atoms with Gasteiger partial charge in [-0.1, -0.05) is 30.0 Å². The number of aryl methyl sites for hydroxylation is 1. The fourth-order valence-corrected chi connectivity index (χ4v) is 3.00. The summed E-state index contributed by atoms with van der Waals surface area (Å²) in [6.07, 6.45) is 0. The van der Waals surface area contributed by atoms with Gasteiger partial charge in [0.15, 0.2) is 4.34 Å². The van der Waals surface area contributed by atoms with Crippen LogP contribution in [0.4, 0.5) is 4.39 Å². The van der Waals surface area contributed by atoms with Gasteiger partial charge in [-0.05, 0) is 24.0 Å². The third-order valence-corrected chi connectivity index (χ3v) is 4.21. The lowest BCUT2D eigenvalue weighted by molar-refractivity contribution is 0.600. The van der Waals surface area contributed by atoms with Crippen LogP contribution in [0.1, 0.15) is 17.0 Å². The van der Waals surface area contributed by atoms with E-state index in [9.17, 15) is 4.39 Å². The molecule has 0 aliphatic carbocycles. The quantitative estimate of drug-likeness (QED) is 0.867. The van der Waals surface area contributed by atoms with Crippen molar-refractivity contribution in [1.29, 1.82) is 0 Å². The van der Waals surface area contributed by atoms with E-state index in [1.165, 1.54) is 23.3 Å². The first-order chi connectivity index (χ1) is 8.20. The Hall–Kier alpha value is -0.980. The van der Waals surface area contributed by atoms with Crippen molar-refractivity contribution in [3.8, 4) is 0 Å². The summed E-state index contributed by atoms with van der Waals surface area (Å²) in [5, 5.41) is 0. The van der Waals surface area contributed by atoms with Crippen LogP contribution in [-0.4, -0.2) is 9.36 Å². The van der Waals surface area contributed by atoms with Crippen molar-refractivity contribution in [2.45, 2.75) is 23.6 Å². The van der Waals surface area contributed by atoms with Crippen LogP contribution in [-0.2, 0) is 12.3 Å². The topological polar surface area (TPSA) is 51.8 Å². The second kappa shape index (κ2) is 5.57. The average molecular weight is 269 g/mol. The number of hydrogen-bond donors (Lipinski definition) is 1. The molecule has 0 fully saturated rings. The number of halogens is 1. The Morgan fingerprint density at radius 2 is 2.18 bits per heavy atom.